The minimum Gasteiger partial charge on any atom is -0.393 e. The molecule has 1 aliphatic heterocycles. The van der Waals surface area contributed by atoms with Crippen molar-refractivity contribution in [1.29, 1.82) is 0 Å². The van der Waals surface area contributed by atoms with E-state index in [1.54, 1.807) is 0 Å². The van der Waals surface area contributed by atoms with Crippen molar-refractivity contribution in [3.63, 3.8) is 0 Å². The fourth-order valence-corrected chi connectivity index (χ4v) is 3.86. The summed E-state index contributed by atoms with van der Waals surface area (Å²) in [5.41, 5.74) is 5.27. The molecule has 0 radical (unpaired) electrons. The monoisotopic (exact) mass is 254 g/mol. The van der Waals surface area contributed by atoms with Gasteiger partial charge in [-0.1, -0.05) is 13.8 Å². The molecule has 2 saturated carbocycles. The van der Waals surface area contributed by atoms with Crippen LogP contribution in [-0.4, -0.2) is 41.4 Å². The minimum atomic E-state index is -0.825. The molecule has 0 aromatic carbocycles. The molecule has 3 rings (SSSR count). The number of carbonyl (C=O) groups is 1. The van der Waals surface area contributed by atoms with E-state index in [9.17, 15) is 9.90 Å². The highest BCUT2D eigenvalue weighted by Crippen LogP contribution is 2.58. The van der Waals surface area contributed by atoms with Gasteiger partial charge < -0.3 is 20.9 Å². The van der Waals surface area contributed by atoms with Gasteiger partial charge in [-0.25, -0.2) is 0 Å². The van der Waals surface area contributed by atoms with Crippen LogP contribution in [-0.2, 0) is 9.53 Å². The Hall–Kier alpha value is -0.650. The van der Waals surface area contributed by atoms with Gasteiger partial charge in [-0.2, -0.15) is 0 Å². The summed E-state index contributed by atoms with van der Waals surface area (Å²) in [6, 6.07) is 0.0881. The molecule has 0 aromatic heterocycles. The van der Waals surface area contributed by atoms with E-state index in [0.29, 0.717) is 19.4 Å². The summed E-state index contributed by atoms with van der Waals surface area (Å²) in [7, 11) is 0. The lowest BCUT2D eigenvalue weighted by Gasteiger charge is -2.61. The molecule has 0 aromatic rings. The summed E-state index contributed by atoms with van der Waals surface area (Å²) in [6.45, 7) is 4.72. The van der Waals surface area contributed by atoms with Gasteiger partial charge in [0.15, 0.2) is 0 Å². The fourth-order valence-electron chi connectivity index (χ4n) is 3.86. The topological polar surface area (TPSA) is 84.6 Å². The lowest BCUT2D eigenvalue weighted by Crippen LogP contribution is -2.80. The zero-order chi connectivity index (χ0) is 13.1. The van der Waals surface area contributed by atoms with Gasteiger partial charge in [0.25, 0.3) is 0 Å². The molecule has 1 heterocycles. The van der Waals surface area contributed by atoms with Gasteiger partial charge in [-0.05, 0) is 19.3 Å². The van der Waals surface area contributed by atoms with Crippen molar-refractivity contribution < 1.29 is 14.6 Å². The first-order valence-electron chi connectivity index (χ1n) is 6.77. The molecule has 5 nitrogen and oxygen atoms in total. The van der Waals surface area contributed by atoms with Crippen molar-refractivity contribution in [2.45, 2.75) is 56.9 Å². The molecule has 5 heteroatoms. The number of hydrogen-bond acceptors (Lipinski definition) is 4. The first-order valence-corrected chi connectivity index (χ1v) is 6.77. The van der Waals surface area contributed by atoms with Crippen LogP contribution >= 0.6 is 0 Å². The highest BCUT2D eigenvalue weighted by atomic mass is 16.5. The Morgan fingerprint density at radius 2 is 2.11 bits per heavy atom. The number of nitrogens with one attached hydrogen (secondary N) is 1. The highest BCUT2D eigenvalue weighted by Gasteiger charge is 2.71. The van der Waals surface area contributed by atoms with Crippen LogP contribution in [0.4, 0.5) is 0 Å². The van der Waals surface area contributed by atoms with Crippen LogP contribution in [0.15, 0.2) is 0 Å². The van der Waals surface area contributed by atoms with Crippen LogP contribution in [0, 0.1) is 11.3 Å². The van der Waals surface area contributed by atoms with Crippen molar-refractivity contribution in [3.05, 3.63) is 0 Å². The van der Waals surface area contributed by atoms with Crippen LogP contribution in [0.1, 0.15) is 33.1 Å². The predicted octanol–water partition coefficient (Wildman–Crippen LogP) is -0.232. The summed E-state index contributed by atoms with van der Waals surface area (Å²) in [5.74, 6) is 0.0636. The second-order valence-corrected chi connectivity index (χ2v) is 6.57. The van der Waals surface area contributed by atoms with E-state index in [1.807, 2.05) is 13.8 Å². The number of hydrogen-bond donors (Lipinski definition) is 3. The van der Waals surface area contributed by atoms with Crippen LogP contribution < -0.4 is 11.1 Å². The largest absolute Gasteiger partial charge is 0.393 e. The summed E-state index contributed by atoms with van der Waals surface area (Å²) in [4.78, 5) is 12.4. The van der Waals surface area contributed by atoms with E-state index in [1.165, 1.54) is 0 Å². The van der Waals surface area contributed by atoms with Gasteiger partial charge in [0, 0.05) is 24.0 Å². The van der Waals surface area contributed by atoms with Gasteiger partial charge in [-0.15, -0.1) is 0 Å². The molecule has 2 aliphatic carbocycles. The zero-order valence-corrected chi connectivity index (χ0v) is 11.0. The van der Waals surface area contributed by atoms with Gasteiger partial charge in [0.1, 0.15) is 5.54 Å². The normalized spacial score (nSPS) is 48.9. The second-order valence-electron chi connectivity index (χ2n) is 6.57. The Balaban J connectivity index is 1.72. The zero-order valence-electron chi connectivity index (χ0n) is 11.0. The number of aliphatic hydroxyl groups is 1. The summed E-state index contributed by atoms with van der Waals surface area (Å²) in [6.07, 6.45) is 2.01. The third-order valence-electron chi connectivity index (χ3n) is 5.28. The van der Waals surface area contributed by atoms with Crippen LogP contribution in [0.3, 0.4) is 0 Å². The lowest BCUT2D eigenvalue weighted by molar-refractivity contribution is -0.176. The number of aliphatic hydroxyl groups excluding tert-OH is 1. The second kappa shape index (κ2) is 3.68. The smallest absolute Gasteiger partial charge is 0.241 e. The van der Waals surface area contributed by atoms with E-state index >= 15 is 0 Å². The molecule has 3 atom stereocenters. The molecule has 18 heavy (non-hydrogen) atoms. The number of amides is 1. The van der Waals surface area contributed by atoms with E-state index in [4.69, 9.17) is 10.5 Å². The van der Waals surface area contributed by atoms with E-state index < -0.39 is 5.54 Å². The van der Waals surface area contributed by atoms with Crippen molar-refractivity contribution >= 4 is 5.91 Å². The van der Waals surface area contributed by atoms with Crippen molar-refractivity contribution in [3.8, 4) is 0 Å². The summed E-state index contributed by atoms with van der Waals surface area (Å²) >= 11 is 0. The molecule has 0 bridgehead atoms. The molecule has 1 saturated heterocycles. The van der Waals surface area contributed by atoms with Gasteiger partial charge in [0.2, 0.25) is 5.91 Å². The van der Waals surface area contributed by atoms with Crippen LogP contribution in [0.2, 0.25) is 0 Å². The van der Waals surface area contributed by atoms with Crippen molar-refractivity contribution in [2.24, 2.45) is 17.1 Å². The van der Waals surface area contributed by atoms with E-state index in [0.717, 1.165) is 6.42 Å². The fraction of sp³-hybridized carbons (Fsp3) is 0.923. The van der Waals surface area contributed by atoms with Crippen LogP contribution in [0.25, 0.3) is 0 Å². The average molecular weight is 254 g/mol. The number of nitrogens with two attached hydrogens (primary N) is 1. The van der Waals surface area contributed by atoms with Crippen LogP contribution in [0.5, 0.6) is 0 Å². The standard InChI is InChI=1S/C13H22N2O3/c1-12(2)10-9(3-4-18-10)13(12,14)11(17)15-7-5-8(16)6-7/h7-10,16H,3-6,14H2,1-2H3,(H,15,17). The third-order valence-corrected chi connectivity index (χ3v) is 5.28. The number of fused-ring (bicyclic) bond motifs is 1. The maximum absolute atomic E-state index is 12.4. The molecule has 102 valence electrons. The SMILES string of the molecule is CC1(C)C2OCCC2C1(N)C(=O)NC1CC(O)C1. The van der Waals surface area contributed by atoms with Gasteiger partial charge >= 0.3 is 0 Å². The first-order chi connectivity index (χ1) is 8.37. The Bertz CT molecular complexity index is 378. The van der Waals surface area contributed by atoms with Gasteiger partial charge in [-0.3, -0.25) is 4.79 Å². The third kappa shape index (κ3) is 1.35. The van der Waals surface area contributed by atoms with E-state index in [2.05, 4.69) is 5.32 Å². The predicted molar refractivity (Wildman–Crippen MR) is 65.7 cm³/mol. The number of rotatable bonds is 2. The molecule has 1 amide bonds. The summed E-state index contributed by atoms with van der Waals surface area (Å²) < 4.78 is 5.68. The molecule has 3 aliphatic rings. The Kier molecular flexibility index (Phi) is 2.53. The van der Waals surface area contributed by atoms with Crippen molar-refractivity contribution in [1.82, 2.24) is 5.32 Å². The molecular weight excluding hydrogens is 232 g/mol. The number of carbonyl (C=O) groups excluding carboxylic acids is 1. The average Bonchev–Trinajstić information content (AvgIpc) is 2.73. The van der Waals surface area contributed by atoms with Crippen molar-refractivity contribution in [2.75, 3.05) is 6.61 Å². The molecule has 3 unspecified atom stereocenters. The van der Waals surface area contributed by atoms with Gasteiger partial charge in [0.05, 0.1) is 12.2 Å². The molecule has 0 spiro atoms. The molecular formula is C13H22N2O3. The Labute approximate surface area is 107 Å². The molecule has 4 N–H and O–H groups in total. The lowest BCUT2D eigenvalue weighted by atomic mass is 9.48. The Morgan fingerprint density at radius 1 is 1.44 bits per heavy atom. The Morgan fingerprint density at radius 3 is 2.72 bits per heavy atom. The maximum atomic E-state index is 12.4. The van der Waals surface area contributed by atoms with E-state index in [-0.39, 0.29) is 35.5 Å². The summed E-state index contributed by atoms with van der Waals surface area (Å²) in [5, 5.41) is 12.2. The maximum Gasteiger partial charge on any atom is 0.241 e. The minimum absolute atomic E-state index is 0.0730. The first kappa shape index (κ1) is 12.4. The quantitative estimate of drug-likeness (QED) is 0.635. The highest BCUT2D eigenvalue weighted by molar-refractivity contribution is 5.89. The molecule has 3 fully saturated rings. The number of ether oxygens (including phenoxy) is 1.